The number of nitrogens with one attached hydrogen (secondary N) is 2. The van der Waals surface area contributed by atoms with Gasteiger partial charge in [0.05, 0.1) is 25.5 Å². The Labute approximate surface area is 203 Å². The van der Waals surface area contributed by atoms with E-state index in [2.05, 4.69) is 10.6 Å². The number of rotatable bonds is 6. The Morgan fingerprint density at radius 1 is 1.14 bits per heavy atom. The maximum absolute atomic E-state index is 13.9. The molecule has 0 aromatic heterocycles. The molecule has 3 heterocycles. The molecule has 0 bridgehead atoms. The van der Waals surface area contributed by atoms with Gasteiger partial charge in [-0.15, -0.1) is 0 Å². The van der Waals surface area contributed by atoms with Gasteiger partial charge in [-0.2, -0.15) is 0 Å². The lowest BCUT2D eigenvalue weighted by atomic mass is 9.75. The quantitative estimate of drug-likeness (QED) is 0.542. The van der Waals surface area contributed by atoms with E-state index < -0.39 is 35.2 Å². The number of primary amides is 1. The van der Waals surface area contributed by atoms with E-state index in [1.54, 1.807) is 12.1 Å². The van der Waals surface area contributed by atoms with Crippen LogP contribution < -0.4 is 21.1 Å². The normalized spacial score (nSPS) is 26.8. The van der Waals surface area contributed by atoms with Crippen molar-refractivity contribution in [1.29, 1.82) is 0 Å². The number of hydrogen-bond donors (Lipinski definition) is 3. The number of aryl methyl sites for hydroxylation is 2. The number of likely N-dealkylation sites (tertiary alicyclic amines) is 1. The van der Waals surface area contributed by atoms with Crippen LogP contribution in [-0.4, -0.2) is 41.7 Å². The molecule has 3 aliphatic heterocycles. The zero-order valence-electron chi connectivity index (χ0n) is 19.9. The molecular formula is C26H28N4O5. The lowest BCUT2D eigenvalue weighted by molar-refractivity contribution is -0.143. The largest absolute Gasteiger partial charge is 0.496 e. The van der Waals surface area contributed by atoms with Gasteiger partial charge >= 0.3 is 0 Å². The summed E-state index contributed by atoms with van der Waals surface area (Å²) in [7, 11) is 1.53. The maximum Gasteiger partial charge on any atom is 0.250 e. The summed E-state index contributed by atoms with van der Waals surface area (Å²) in [4.78, 5) is 54.0. The summed E-state index contributed by atoms with van der Waals surface area (Å²) >= 11 is 0. The molecule has 0 saturated carbocycles. The second-order valence-electron chi connectivity index (χ2n) is 9.60. The first-order chi connectivity index (χ1) is 16.7. The molecule has 2 fully saturated rings. The number of nitrogens with zero attached hydrogens (tertiary/aromatic N) is 1. The average Bonchev–Trinajstić information content (AvgIpc) is 3.39. The molecule has 0 aliphatic carbocycles. The predicted molar refractivity (Wildman–Crippen MR) is 127 cm³/mol. The zero-order chi connectivity index (χ0) is 25.1. The fourth-order valence-electron chi connectivity index (χ4n) is 6.02. The van der Waals surface area contributed by atoms with Crippen LogP contribution in [0.3, 0.4) is 0 Å². The van der Waals surface area contributed by atoms with E-state index in [0.717, 1.165) is 11.1 Å². The number of methoxy groups -OCH3 is 1. The standard InChI is InChI=1S/C26H28N4O5/c1-13-10-14(2)22-16(11-13)26(25(34)28-22)21-20(17(29-26)8-9-19(27)31)23(32)30(24(21)33)12-15-6-4-5-7-18(15)35-3/h4-7,10-11,17,20-21,29H,8-9,12H2,1-3H3,(H2,27,31)(H,28,34)/t17-,20-,21-,26+/m1/s1. The third-order valence-electron chi connectivity index (χ3n) is 7.48. The molecule has 0 radical (unpaired) electrons. The molecule has 2 saturated heterocycles. The smallest absolute Gasteiger partial charge is 0.250 e. The highest BCUT2D eigenvalue weighted by Crippen LogP contribution is 2.54. The summed E-state index contributed by atoms with van der Waals surface area (Å²) in [6.07, 6.45) is 0.277. The van der Waals surface area contributed by atoms with Crippen LogP contribution in [0.5, 0.6) is 5.75 Å². The van der Waals surface area contributed by atoms with Gasteiger partial charge in [0.15, 0.2) is 0 Å². The van der Waals surface area contributed by atoms with Crippen LogP contribution in [0.1, 0.15) is 35.1 Å². The van der Waals surface area contributed by atoms with E-state index in [1.165, 1.54) is 12.0 Å². The van der Waals surface area contributed by atoms with Gasteiger partial charge in [0, 0.05) is 29.3 Å². The molecule has 2 aromatic carbocycles. The van der Waals surface area contributed by atoms with Crippen LogP contribution in [-0.2, 0) is 31.3 Å². The molecule has 9 nitrogen and oxygen atoms in total. The number of imide groups is 1. The molecule has 1 spiro atoms. The topological polar surface area (TPSA) is 131 Å². The summed E-state index contributed by atoms with van der Waals surface area (Å²) in [5.74, 6) is -2.82. The lowest BCUT2D eigenvalue weighted by Crippen LogP contribution is -2.53. The van der Waals surface area contributed by atoms with Crippen LogP contribution in [0.15, 0.2) is 36.4 Å². The van der Waals surface area contributed by atoms with E-state index in [0.29, 0.717) is 22.6 Å². The SMILES string of the molecule is COc1ccccc1CN1C(=O)[C@@H]2[C@@H](CCC(N)=O)N[C@]3(C(=O)Nc4c(C)cc(C)cc43)[C@H]2C1=O. The van der Waals surface area contributed by atoms with E-state index >= 15 is 0 Å². The predicted octanol–water partition coefficient (Wildman–Crippen LogP) is 1.50. The fraction of sp³-hybridized carbons (Fsp3) is 0.385. The maximum atomic E-state index is 13.9. The van der Waals surface area contributed by atoms with E-state index in [-0.39, 0.29) is 31.2 Å². The third kappa shape index (κ3) is 3.33. The zero-order valence-corrected chi connectivity index (χ0v) is 19.9. The number of para-hydroxylation sites is 1. The van der Waals surface area contributed by atoms with Crippen molar-refractivity contribution in [3.63, 3.8) is 0 Å². The van der Waals surface area contributed by atoms with Gasteiger partial charge in [-0.05, 0) is 31.9 Å². The first-order valence-corrected chi connectivity index (χ1v) is 11.6. The number of carbonyl (C=O) groups excluding carboxylic acids is 4. The Morgan fingerprint density at radius 2 is 1.89 bits per heavy atom. The first kappa shape index (κ1) is 23.0. The summed E-state index contributed by atoms with van der Waals surface area (Å²) in [6.45, 7) is 3.86. The first-order valence-electron chi connectivity index (χ1n) is 11.6. The van der Waals surface area contributed by atoms with Crippen molar-refractivity contribution in [3.8, 4) is 5.75 Å². The summed E-state index contributed by atoms with van der Waals surface area (Å²) in [5, 5.41) is 6.29. The number of ether oxygens (including phenoxy) is 1. The van der Waals surface area contributed by atoms with Crippen molar-refractivity contribution in [3.05, 3.63) is 58.7 Å². The number of carbonyl (C=O) groups is 4. The van der Waals surface area contributed by atoms with Gasteiger partial charge in [-0.1, -0.05) is 35.9 Å². The van der Waals surface area contributed by atoms with Gasteiger partial charge in [-0.25, -0.2) is 0 Å². The molecular weight excluding hydrogens is 448 g/mol. The van der Waals surface area contributed by atoms with Crippen molar-refractivity contribution in [2.75, 3.05) is 12.4 Å². The second-order valence-corrected chi connectivity index (χ2v) is 9.60. The number of nitrogens with two attached hydrogens (primary N) is 1. The van der Waals surface area contributed by atoms with Gasteiger partial charge in [0.1, 0.15) is 11.3 Å². The molecule has 3 aliphatic rings. The number of fused-ring (bicyclic) bond motifs is 4. The van der Waals surface area contributed by atoms with Crippen LogP contribution >= 0.6 is 0 Å². The minimum atomic E-state index is -1.40. The third-order valence-corrected chi connectivity index (χ3v) is 7.48. The number of benzene rings is 2. The van der Waals surface area contributed by atoms with Crippen LogP contribution in [0, 0.1) is 25.7 Å². The number of amides is 4. The summed E-state index contributed by atoms with van der Waals surface area (Å²) in [5.41, 5.74) is 7.83. The van der Waals surface area contributed by atoms with Crippen molar-refractivity contribution in [2.24, 2.45) is 17.6 Å². The summed E-state index contributed by atoms with van der Waals surface area (Å²) < 4.78 is 5.41. The minimum Gasteiger partial charge on any atom is -0.496 e. The van der Waals surface area contributed by atoms with Gasteiger partial charge in [0.25, 0.3) is 0 Å². The average molecular weight is 477 g/mol. The molecule has 5 rings (SSSR count). The highest BCUT2D eigenvalue weighted by Gasteiger charge is 2.70. The van der Waals surface area contributed by atoms with Crippen LogP contribution in [0.4, 0.5) is 5.69 Å². The highest BCUT2D eigenvalue weighted by molar-refractivity contribution is 6.15. The highest BCUT2D eigenvalue weighted by atomic mass is 16.5. The van der Waals surface area contributed by atoms with Crippen LogP contribution in [0.2, 0.25) is 0 Å². The number of anilines is 1. The second kappa shape index (κ2) is 8.20. The Kier molecular flexibility index (Phi) is 5.40. The Balaban J connectivity index is 1.61. The molecule has 4 atom stereocenters. The van der Waals surface area contributed by atoms with Gasteiger partial charge in [0.2, 0.25) is 23.6 Å². The van der Waals surface area contributed by atoms with Crippen molar-refractivity contribution in [1.82, 2.24) is 10.2 Å². The molecule has 9 heteroatoms. The minimum absolute atomic E-state index is 0.0340. The van der Waals surface area contributed by atoms with E-state index in [4.69, 9.17) is 10.5 Å². The van der Waals surface area contributed by atoms with Crippen LogP contribution in [0.25, 0.3) is 0 Å². The van der Waals surface area contributed by atoms with Crippen molar-refractivity contribution in [2.45, 2.75) is 44.8 Å². The molecule has 35 heavy (non-hydrogen) atoms. The lowest BCUT2D eigenvalue weighted by Gasteiger charge is -2.30. The molecule has 182 valence electrons. The molecule has 2 aromatic rings. The van der Waals surface area contributed by atoms with E-state index in [1.807, 2.05) is 38.1 Å². The van der Waals surface area contributed by atoms with Crippen molar-refractivity contribution >= 4 is 29.3 Å². The molecule has 4 N–H and O–H groups in total. The Morgan fingerprint density at radius 3 is 2.60 bits per heavy atom. The van der Waals surface area contributed by atoms with Gasteiger partial charge < -0.3 is 15.8 Å². The fourth-order valence-corrected chi connectivity index (χ4v) is 6.02. The summed E-state index contributed by atoms with van der Waals surface area (Å²) in [6, 6.07) is 10.5. The number of hydrogen-bond acceptors (Lipinski definition) is 6. The Bertz CT molecular complexity index is 1270. The Hall–Kier alpha value is -3.72. The van der Waals surface area contributed by atoms with Gasteiger partial charge in [-0.3, -0.25) is 29.4 Å². The van der Waals surface area contributed by atoms with E-state index in [9.17, 15) is 19.2 Å². The molecule has 0 unspecified atom stereocenters. The monoisotopic (exact) mass is 476 g/mol. The molecule has 4 amide bonds. The van der Waals surface area contributed by atoms with Crippen molar-refractivity contribution < 1.29 is 23.9 Å².